The zero-order valence-corrected chi connectivity index (χ0v) is 9.70. The number of hydrogen-bond acceptors (Lipinski definition) is 1. The molecule has 0 N–H and O–H groups in total. The van der Waals surface area contributed by atoms with Gasteiger partial charge in [0.05, 0.1) is 0 Å². The smallest absolute Gasteiger partial charge is 1.00 e. The largest absolute Gasteiger partial charge is 2.00 e. The summed E-state index contributed by atoms with van der Waals surface area (Å²) in [6.45, 7) is 7.90. The average Bonchev–Trinajstić information content (AvgIpc) is 1.35. The van der Waals surface area contributed by atoms with Gasteiger partial charge in [0.2, 0.25) is 0 Å². The quantitative estimate of drug-likeness (QED) is 0.351. The van der Waals surface area contributed by atoms with Gasteiger partial charge in [-0.2, -0.15) is 0 Å². The van der Waals surface area contributed by atoms with Gasteiger partial charge in [-0.15, -0.1) is 0 Å². The fourth-order valence-electron chi connectivity index (χ4n) is 0. The van der Waals surface area contributed by atoms with Crippen LogP contribution in [0.3, 0.4) is 0 Å². The minimum absolute atomic E-state index is 0. The van der Waals surface area contributed by atoms with Crippen molar-refractivity contribution in [3.63, 3.8) is 0 Å². The van der Waals surface area contributed by atoms with E-state index >= 15 is 0 Å². The third kappa shape index (κ3) is 15.7. The second kappa shape index (κ2) is 6.54. The molecule has 0 aromatic heterocycles. The molecular weight excluding hydrogens is 196 g/mol. The maximum Gasteiger partial charge on any atom is 2.00 e. The van der Waals surface area contributed by atoms with E-state index in [-0.39, 0.29) is 40.0 Å². The van der Waals surface area contributed by atoms with E-state index in [0.29, 0.717) is 0 Å². The van der Waals surface area contributed by atoms with Crippen LogP contribution in [0.2, 0.25) is 13.1 Å². The second-order valence-corrected chi connectivity index (χ2v) is 5.89. The summed E-state index contributed by atoms with van der Waals surface area (Å²) in [6, 6.07) is 0. The molecule has 0 saturated heterocycles. The summed E-state index contributed by atoms with van der Waals surface area (Å²) >= 11 is 0. The molecule has 0 unspecified atom stereocenters. The van der Waals surface area contributed by atoms with Crippen molar-refractivity contribution in [2.45, 2.75) is 13.1 Å². The molecule has 4 heteroatoms. The van der Waals surface area contributed by atoms with Gasteiger partial charge in [-0.25, -0.2) is 0 Å². The van der Waals surface area contributed by atoms with Crippen molar-refractivity contribution < 1.29 is 21.4 Å². The van der Waals surface area contributed by atoms with Crippen LogP contribution in [0.1, 0.15) is 0 Å². The van der Waals surface area contributed by atoms with Crippen LogP contribution in [0.4, 0.5) is 0 Å². The topological polar surface area (TPSA) is 9.23 Å². The standard InChI is InChI=1S/C4H11OSi.BrH.Mg/c1-5-6(2,3)4;;/h2H2,1,3-4H3;1H;/q-1;;+2/p-1. The summed E-state index contributed by atoms with van der Waals surface area (Å²) in [4.78, 5) is 0. The van der Waals surface area contributed by atoms with Gasteiger partial charge in [0.25, 0.3) is 0 Å². The molecule has 46 valence electrons. The van der Waals surface area contributed by atoms with Gasteiger partial charge in [-0.1, -0.05) is 13.1 Å². The van der Waals surface area contributed by atoms with Crippen LogP contribution in [-0.2, 0) is 4.43 Å². The molecule has 0 aliphatic heterocycles. The van der Waals surface area contributed by atoms with E-state index in [9.17, 15) is 0 Å². The van der Waals surface area contributed by atoms with Crippen molar-refractivity contribution in [1.82, 2.24) is 0 Å². The molecule has 1 nitrogen and oxygen atoms in total. The Labute approximate surface area is 79.2 Å². The molecule has 8 heavy (non-hydrogen) atoms. The molecular formula is C4H11BrMgOSi. The van der Waals surface area contributed by atoms with Crippen LogP contribution >= 0.6 is 0 Å². The molecule has 0 aliphatic rings. The fourth-order valence-corrected chi connectivity index (χ4v) is 0. The summed E-state index contributed by atoms with van der Waals surface area (Å²) in [5.74, 6) is 0. The Balaban J connectivity index is -0.000000125. The maximum absolute atomic E-state index is 4.97. The second-order valence-electron chi connectivity index (χ2n) is 1.96. The van der Waals surface area contributed by atoms with Crippen molar-refractivity contribution in [1.29, 1.82) is 0 Å². The molecule has 0 saturated carbocycles. The van der Waals surface area contributed by atoms with Gasteiger partial charge in [0, 0.05) is 15.4 Å². The Kier molecular flexibility index (Phi) is 13.3. The first-order valence-corrected chi connectivity index (χ1v) is 5.08. The van der Waals surface area contributed by atoms with E-state index in [1.165, 1.54) is 0 Å². The minimum Gasteiger partial charge on any atom is -1.00 e. The van der Waals surface area contributed by atoms with Crippen molar-refractivity contribution in [3.05, 3.63) is 6.55 Å². The first-order chi connectivity index (χ1) is 2.56. The predicted octanol–water partition coefficient (Wildman–Crippen LogP) is -2.17. The van der Waals surface area contributed by atoms with Crippen molar-refractivity contribution in [2.75, 3.05) is 7.11 Å². The summed E-state index contributed by atoms with van der Waals surface area (Å²) in [7, 11) is 0.326. The molecule has 0 radical (unpaired) electrons. The molecule has 0 heterocycles. The van der Waals surface area contributed by atoms with Crippen LogP contribution in [0.25, 0.3) is 0 Å². The van der Waals surface area contributed by atoms with Crippen LogP contribution in [-0.4, -0.2) is 38.5 Å². The molecule has 0 atom stereocenters. The summed E-state index contributed by atoms with van der Waals surface area (Å²) in [6.07, 6.45) is 0. The normalized spacial score (nSPS) is 9.00. The van der Waals surface area contributed by atoms with E-state index in [1.807, 2.05) is 13.1 Å². The first kappa shape index (κ1) is 16.2. The van der Waals surface area contributed by atoms with E-state index in [4.69, 9.17) is 4.43 Å². The van der Waals surface area contributed by atoms with E-state index < -0.39 is 8.32 Å². The van der Waals surface area contributed by atoms with Crippen molar-refractivity contribution in [2.24, 2.45) is 0 Å². The van der Waals surface area contributed by atoms with E-state index in [1.54, 1.807) is 7.11 Å². The Morgan fingerprint density at radius 3 is 1.50 bits per heavy atom. The Hall–Kier alpha value is 1.42. The minimum atomic E-state index is -1.38. The Bertz CT molecular complexity index is 45.8. The summed E-state index contributed by atoms with van der Waals surface area (Å²) in [5, 5.41) is 0. The van der Waals surface area contributed by atoms with Crippen LogP contribution in [0.5, 0.6) is 0 Å². The average molecular weight is 207 g/mol. The molecule has 0 aliphatic carbocycles. The van der Waals surface area contributed by atoms with Crippen molar-refractivity contribution in [3.8, 4) is 0 Å². The van der Waals surface area contributed by atoms with Gasteiger partial charge in [0.1, 0.15) is 0 Å². The van der Waals surface area contributed by atoms with Crippen LogP contribution in [0.15, 0.2) is 0 Å². The van der Waals surface area contributed by atoms with E-state index in [0.717, 1.165) is 0 Å². The molecule has 0 fully saturated rings. The number of hydrogen-bond donors (Lipinski definition) is 0. The zero-order chi connectivity index (χ0) is 5.21. The van der Waals surface area contributed by atoms with Gasteiger partial charge in [-0.3, -0.25) is 0 Å². The third-order valence-electron chi connectivity index (χ3n) is 0.553. The van der Waals surface area contributed by atoms with Crippen LogP contribution in [0, 0.1) is 6.55 Å². The molecule has 0 aromatic carbocycles. The zero-order valence-electron chi connectivity index (χ0n) is 5.70. The molecule has 0 rings (SSSR count). The third-order valence-corrected chi connectivity index (χ3v) is 1.66. The fraction of sp³-hybridized carbons (Fsp3) is 0.750. The molecule has 0 amide bonds. The maximum atomic E-state index is 4.97. The summed E-state index contributed by atoms with van der Waals surface area (Å²) in [5.41, 5.74) is 0. The van der Waals surface area contributed by atoms with Crippen molar-refractivity contribution >= 4 is 31.4 Å². The molecule has 0 aromatic rings. The van der Waals surface area contributed by atoms with Gasteiger partial charge in [-0.05, 0) is 0 Å². The SMILES string of the molecule is [Br-].[CH2-][Si](C)(C)OC.[Mg+2]. The number of halogens is 1. The Morgan fingerprint density at radius 2 is 1.50 bits per heavy atom. The molecule has 0 bridgehead atoms. The first-order valence-electron chi connectivity index (χ1n) is 1.97. The van der Waals surface area contributed by atoms with E-state index in [2.05, 4.69) is 6.55 Å². The van der Waals surface area contributed by atoms with Gasteiger partial charge < -0.3 is 28.0 Å². The van der Waals surface area contributed by atoms with Gasteiger partial charge in [0.15, 0.2) is 0 Å². The predicted molar refractivity (Wildman–Crippen MR) is 35.6 cm³/mol. The Morgan fingerprint density at radius 1 is 1.38 bits per heavy atom. The van der Waals surface area contributed by atoms with Crippen LogP contribution < -0.4 is 17.0 Å². The molecule has 0 spiro atoms. The summed E-state index contributed by atoms with van der Waals surface area (Å²) < 4.78 is 4.97. The monoisotopic (exact) mass is 206 g/mol. The van der Waals surface area contributed by atoms with Gasteiger partial charge >= 0.3 is 23.1 Å². The number of rotatable bonds is 1.